The van der Waals surface area contributed by atoms with E-state index >= 15 is 0 Å². The molecule has 3 aromatic heterocycles. The van der Waals surface area contributed by atoms with Crippen molar-refractivity contribution in [2.24, 2.45) is 0 Å². The second-order valence-electron chi connectivity index (χ2n) is 6.49. The fourth-order valence-corrected chi connectivity index (χ4v) is 3.91. The number of anilines is 2. The van der Waals surface area contributed by atoms with Crippen LogP contribution in [-0.4, -0.2) is 50.3 Å². The van der Waals surface area contributed by atoms with E-state index in [-0.39, 0.29) is 0 Å². The van der Waals surface area contributed by atoms with Gasteiger partial charge in [0.25, 0.3) is 0 Å². The molecule has 2 aliphatic rings. The average Bonchev–Trinajstić information content (AvgIpc) is 3.17. The molecule has 8 heteroatoms. The lowest BCUT2D eigenvalue weighted by Gasteiger charge is -2.35. The summed E-state index contributed by atoms with van der Waals surface area (Å²) in [6, 6.07) is 8.00. The minimum atomic E-state index is 0.625. The lowest BCUT2D eigenvalue weighted by atomic mass is 10.3. The Morgan fingerprint density at radius 3 is 2.48 bits per heavy atom. The van der Waals surface area contributed by atoms with Gasteiger partial charge in [0.1, 0.15) is 11.6 Å². The molecule has 0 aromatic carbocycles. The summed E-state index contributed by atoms with van der Waals surface area (Å²) in [5, 5.41) is 5.33. The van der Waals surface area contributed by atoms with Crippen LogP contribution in [-0.2, 0) is 0 Å². The number of rotatable bonds is 4. The van der Waals surface area contributed by atoms with Gasteiger partial charge < -0.3 is 9.80 Å². The number of nitrogens with zero attached hydrogens (tertiary/aromatic N) is 7. The maximum Gasteiger partial charge on any atom is 0.205 e. The zero-order valence-electron chi connectivity index (χ0n) is 13.8. The first-order valence-electron chi connectivity index (χ1n) is 8.67. The summed E-state index contributed by atoms with van der Waals surface area (Å²) >= 11 is 1.54. The largest absolute Gasteiger partial charge is 0.353 e. The standard InChI is InChI=1S/C17H19N7S/c1-3-14(19-15(4-1)24-8-2-7-18-24)22-9-11-23(12-10-22)17-20-16(21-25-17)13-5-6-13/h1-4,7-8,13H,5-6,9-12H2. The Morgan fingerprint density at radius 2 is 1.72 bits per heavy atom. The van der Waals surface area contributed by atoms with E-state index < -0.39 is 0 Å². The van der Waals surface area contributed by atoms with Gasteiger partial charge in [0.05, 0.1) is 0 Å². The smallest absolute Gasteiger partial charge is 0.205 e. The molecule has 2 fully saturated rings. The highest BCUT2D eigenvalue weighted by Gasteiger charge is 2.29. The van der Waals surface area contributed by atoms with Gasteiger partial charge in [0, 0.05) is 56.0 Å². The van der Waals surface area contributed by atoms with Gasteiger partial charge in [0.2, 0.25) is 5.13 Å². The Balaban J connectivity index is 1.27. The second kappa shape index (κ2) is 6.11. The zero-order valence-corrected chi connectivity index (χ0v) is 14.6. The predicted molar refractivity (Wildman–Crippen MR) is 97.7 cm³/mol. The number of hydrogen-bond acceptors (Lipinski definition) is 7. The van der Waals surface area contributed by atoms with Gasteiger partial charge in [-0.3, -0.25) is 0 Å². The van der Waals surface area contributed by atoms with Crippen LogP contribution < -0.4 is 9.80 Å². The van der Waals surface area contributed by atoms with Crippen LogP contribution in [0.15, 0.2) is 36.7 Å². The topological polar surface area (TPSA) is 63.0 Å². The molecule has 0 bridgehead atoms. The molecule has 0 N–H and O–H groups in total. The Kier molecular flexibility index (Phi) is 3.62. The van der Waals surface area contributed by atoms with E-state index in [2.05, 4.69) is 25.3 Å². The van der Waals surface area contributed by atoms with E-state index in [9.17, 15) is 0 Å². The van der Waals surface area contributed by atoms with Crippen molar-refractivity contribution in [1.29, 1.82) is 0 Å². The van der Waals surface area contributed by atoms with Gasteiger partial charge in [-0.05, 0) is 31.0 Å². The van der Waals surface area contributed by atoms with Crippen LogP contribution >= 0.6 is 11.5 Å². The average molecular weight is 353 g/mol. The predicted octanol–water partition coefficient (Wildman–Crippen LogP) is 2.32. The molecule has 1 saturated heterocycles. The molecule has 1 aliphatic carbocycles. The van der Waals surface area contributed by atoms with E-state index in [4.69, 9.17) is 9.97 Å². The summed E-state index contributed by atoms with van der Waals surface area (Å²) in [6.07, 6.45) is 6.19. The van der Waals surface area contributed by atoms with E-state index in [1.807, 2.05) is 24.4 Å². The van der Waals surface area contributed by atoms with Crippen LogP contribution in [0.2, 0.25) is 0 Å². The maximum atomic E-state index is 4.75. The summed E-state index contributed by atoms with van der Waals surface area (Å²) in [5.41, 5.74) is 0. The van der Waals surface area contributed by atoms with Gasteiger partial charge >= 0.3 is 0 Å². The Bertz CT molecular complexity index is 848. The summed E-state index contributed by atoms with van der Waals surface area (Å²) in [4.78, 5) is 14.2. The normalized spacial score (nSPS) is 17.9. The van der Waals surface area contributed by atoms with Gasteiger partial charge in [-0.1, -0.05) is 6.07 Å². The van der Waals surface area contributed by atoms with Crippen molar-refractivity contribution in [3.63, 3.8) is 0 Å². The Hall–Kier alpha value is -2.48. The highest BCUT2D eigenvalue weighted by Crippen LogP contribution is 2.39. The van der Waals surface area contributed by atoms with Gasteiger partial charge in [-0.25, -0.2) is 14.6 Å². The molecule has 4 heterocycles. The first-order chi connectivity index (χ1) is 12.4. The van der Waals surface area contributed by atoms with Gasteiger partial charge in [-0.15, -0.1) is 0 Å². The molecule has 0 unspecified atom stereocenters. The van der Waals surface area contributed by atoms with Crippen molar-refractivity contribution < 1.29 is 0 Å². The number of hydrogen-bond donors (Lipinski definition) is 0. The van der Waals surface area contributed by atoms with Crippen molar-refractivity contribution in [2.75, 3.05) is 36.0 Å². The quantitative estimate of drug-likeness (QED) is 0.717. The molecule has 128 valence electrons. The van der Waals surface area contributed by atoms with Crippen molar-refractivity contribution >= 4 is 22.5 Å². The first-order valence-corrected chi connectivity index (χ1v) is 9.45. The summed E-state index contributed by atoms with van der Waals surface area (Å²) < 4.78 is 6.32. The number of pyridine rings is 1. The molecule has 7 nitrogen and oxygen atoms in total. The molecular weight excluding hydrogens is 334 g/mol. The van der Waals surface area contributed by atoms with E-state index in [0.29, 0.717) is 5.92 Å². The third kappa shape index (κ3) is 2.97. The van der Waals surface area contributed by atoms with E-state index in [1.165, 1.54) is 12.8 Å². The fraction of sp³-hybridized carbons (Fsp3) is 0.412. The minimum Gasteiger partial charge on any atom is -0.353 e. The van der Waals surface area contributed by atoms with Crippen molar-refractivity contribution in [3.8, 4) is 5.82 Å². The first kappa shape index (κ1) is 14.8. The maximum absolute atomic E-state index is 4.75. The molecule has 1 aliphatic heterocycles. The molecule has 3 aromatic rings. The van der Waals surface area contributed by atoms with Crippen molar-refractivity contribution in [3.05, 3.63) is 42.5 Å². The van der Waals surface area contributed by atoms with Gasteiger partial charge in [0.15, 0.2) is 5.82 Å². The summed E-state index contributed by atoms with van der Waals surface area (Å²) in [6.45, 7) is 3.78. The van der Waals surface area contributed by atoms with Gasteiger partial charge in [-0.2, -0.15) is 9.47 Å². The fourth-order valence-electron chi connectivity index (χ4n) is 3.11. The second-order valence-corrected chi connectivity index (χ2v) is 7.22. The van der Waals surface area contributed by atoms with Crippen molar-refractivity contribution in [1.82, 2.24) is 24.1 Å². The van der Waals surface area contributed by atoms with Crippen LogP contribution in [0.1, 0.15) is 24.6 Å². The zero-order chi connectivity index (χ0) is 16.6. The molecule has 0 atom stereocenters. The Morgan fingerprint density at radius 1 is 0.920 bits per heavy atom. The van der Waals surface area contributed by atoms with Crippen LogP contribution in [0.4, 0.5) is 10.9 Å². The van der Waals surface area contributed by atoms with Crippen LogP contribution in [0, 0.1) is 0 Å². The summed E-state index contributed by atoms with van der Waals surface area (Å²) in [7, 11) is 0. The monoisotopic (exact) mass is 353 g/mol. The molecule has 25 heavy (non-hydrogen) atoms. The molecule has 0 spiro atoms. The van der Waals surface area contributed by atoms with E-state index in [1.54, 1.807) is 22.4 Å². The molecular formula is C17H19N7S. The van der Waals surface area contributed by atoms with Crippen molar-refractivity contribution in [2.45, 2.75) is 18.8 Å². The summed E-state index contributed by atoms with van der Waals surface area (Å²) in [5.74, 6) is 3.53. The lowest BCUT2D eigenvalue weighted by molar-refractivity contribution is 0.644. The lowest BCUT2D eigenvalue weighted by Crippen LogP contribution is -2.46. The third-order valence-electron chi connectivity index (χ3n) is 4.71. The molecule has 5 rings (SSSR count). The highest BCUT2D eigenvalue weighted by atomic mass is 32.1. The van der Waals surface area contributed by atoms with E-state index in [0.717, 1.165) is 48.8 Å². The number of aromatic nitrogens is 5. The highest BCUT2D eigenvalue weighted by molar-refractivity contribution is 7.09. The SMILES string of the molecule is c1cc(N2CCN(c3nc(C4CC4)ns3)CC2)nc(-n2cccn2)c1. The molecule has 0 amide bonds. The van der Waals surface area contributed by atoms with Crippen LogP contribution in [0.25, 0.3) is 5.82 Å². The third-order valence-corrected chi connectivity index (χ3v) is 5.50. The molecule has 0 radical (unpaired) electrons. The number of piperazine rings is 1. The molecule has 1 saturated carbocycles. The van der Waals surface area contributed by atoms with Crippen LogP contribution in [0.3, 0.4) is 0 Å². The Labute approximate surface area is 150 Å². The minimum absolute atomic E-state index is 0.625. The van der Waals surface area contributed by atoms with Crippen LogP contribution in [0.5, 0.6) is 0 Å².